The zero-order valence-electron chi connectivity index (χ0n) is 10.8. The van der Waals surface area contributed by atoms with Crippen LogP contribution >= 0.6 is 11.6 Å². The summed E-state index contributed by atoms with van der Waals surface area (Å²) in [6, 6.07) is 12.5. The van der Waals surface area contributed by atoms with E-state index in [4.69, 9.17) is 22.1 Å². The minimum absolute atomic E-state index is 0.0553. The van der Waals surface area contributed by atoms with E-state index in [-0.39, 0.29) is 23.6 Å². The number of hydrogen-bond acceptors (Lipinski definition) is 4. The number of carbonyl (C=O) groups is 1. The molecule has 21 heavy (non-hydrogen) atoms. The molecule has 1 heterocycles. The van der Waals surface area contributed by atoms with Crippen molar-refractivity contribution < 1.29 is 4.79 Å². The summed E-state index contributed by atoms with van der Waals surface area (Å²) in [5.41, 5.74) is 0.900. The fourth-order valence-corrected chi connectivity index (χ4v) is 2.56. The second-order valence-corrected chi connectivity index (χ2v) is 4.86. The molecule has 1 aliphatic rings. The van der Waals surface area contributed by atoms with Crippen molar-refractivity contribution in [1.29, 1.82) is 15.8 Å². The van der Waals surface area contributed by atoms with E-state index in [1.165, 1.54) is 0 Å². The van der Waals surface area contributed by atoms with Gasteiger partial charge in [0, 0.05) is 17.4 Å². The van der Waals surface area contributed by atoms with E-state index in [1.807, 2.05) is 6.07 Å². The lowest BCUT2D eigenvalue weighted by Gasteiger charge is -2.26. The molecule has 1 aromatic rings. The Labute approximate surface area is 126 Å². The van der Waals surface area contributed by atoms with Crippen LogP contribution in [0.1, 0.15) is 17.9 Å². The standard InChI is InChI=1S/C15H9ClN4O/c16-13-4-2-1-3-10(13)11-5-14(21)20-15(12(11)8-19)9(6-17)7-18/h1-4,9,11H,5H2,(H,20,21). The smallest absolute Gasteiger partial charge is 0.225 e. The molecular weight excluding hydrogens is 288 g/mol. The summed E-state index contributed by atoms with van der Waals surface area (Å²) in [7, 11) is 0. The number of carbonyl (C=O) groups excluding carboxylic acids is 1. The van der Waals surface area contributed by atoms with Gasteiger partial charge in [-0.1, -0.05) is 29.8 Å². The maximum Gasteiger partial charge on any atom is 0.225 e. The molecule has 5 nitrogen and oxygen atoms in total. The molecule has 0 saturated heterocycles. The Balaban J connectivity index is 2.62. The number of hydrogen-bond donors (Lipinski definition) is 1. The largest absolute Gasteiger partial charge is 0.327 e. The number of rotatable bonds is 2. The Morgan fingerprint density at radius 1 is 1.24 bits per heavy atom. The van der Waals surface area contributed by atoms with E-state index in [0.717, 1.165) is 0 Å². The quantitative estimate of drug-likeness (QED) is 0.905. The first-order valence-electron chi connectivity index (χ1n) is 6.10. The van der Waals surface area contributed by atoms with Gasteiger partial charge < -0.3 is 5.32 Å². The average molecular weight is 297 g/mol. The highest BCUT2D eigenvalue weighted by Crippen LogP contribution is 2.37. The van der Waals surface area contributed by atoms with Crippen LogP contribution in [0.15, 0.2) is 35.5 Å². The van der Waals surface area contributed by atoms with Gasteiger partial charge in [0.25, 0.3) is 0 Å². The average Bonchev–Trinajstić information content (AvgIpc) is 2.48. The molecule has 0 aromatic heterocycles. The Bertz CT molecular complexity index is 734. The molecule has 2 rings (SSSR count). The number of nitrogens with zero attached hydrogens (tertiary/aromatic N) is 3. The normalized spacial score (nSPS) is 17.7. The van der Waals surface area contributed by atoms with Crippen LogP contribution in [-0.2, 0) is 4.79 Å². The second-order valence-electron chi connectivity index (χ2n) is 4.46. The van der Waals surface area contributed by atoms with Crippen LogP contribution in [0, 0.1) is 39.9 Å². The molecule has 0 fully saturated rings. The van der Waals surface area contributed by atoms with Crippen molar-refractivity contribution in [2.45, 2.75) is 12.3 Å². The summed E-state index contributed by atoms with van der Waals surface area (Å²) in [6.45, 7) is 0. The Kier molecular flexibility index (Phi) is 4.24. The van der Waals surface area contributed by atoms with Crippen LogP contribution in [0.25, 0.3) is 0 Å². The van der Waals surface area contributed by atoms with Crippen molar-refractivity contribution in [3.63, 3.8) is 0 Å². The topological polar surface area (TPSA) is 100 Å². The molecular formula is C15H9ClN4O. The molecule has 0 saturated carbocycles. The first-order chi connectivity index (χ1) is 10.1. The summed E-state index contributed by atoms with van der Waals surface area (Å²) in [6.07, 6.45) is 0.0553. The molecule has 0 spiro atoms. The Hall–Kier alpha value is -2.81. The van der Waals surface area contributed by atoms with Gasteiger partial charge in [-0.25, -0.2) is 0 Å². The predicted molar refractivity (Wildman–Crippen MR) is 74.3 cm³/mol. The number of allylic oxidation sites excluding steroid dienone is 2. The number of nitrogens with one attached hydrogen (secondary N) is 1. The molecule has 1 atom stereocenters. The van der Waals surface area contributed by atoms with Crippen molar-refractivity contribution in [3.8, 4) is 18.2 Å². The number of benzene rings is 1. The first-order valence-corrected chi connectivity index (χ1v) is 6.47. The van der Waals surface area contributed by atoms with E-state index in [1.54, 1.807) is 36.4 Å². The highest BCUT2D eigenvalue weighted by molar-refractivity contribution is 6.31. The predicted octanol–water partition coefficient (Wildman–Crippen LogP) is 2.38. The van der Waals surface area contributed by atoms with Gasteiger partial charge in [0.15, 0.2) is 5.92 Å². The molecule has 6 heteroatoms. The van der Waals surface area contributed by atoms with Gasteiger partial charge in [-0.05, 0) is 11.6 Å². The third-order valence-electron chi connectivity index (χ3n) is 3.25. The zero-order chi connectivity index (χ0) is 15.4. The van der Waals surface area contributed by atoms with Gasteiger partial charge in [0.05, 0.1) is 29.5 Å². The van der Waals surface area contributed by atoms with Gasteiger partial charge in [-0.2, -0.15) is 15.8 Å². The Morgan fingerprint density at radius 3 is 2.48 bits per heavy atom. The van der Waals surface area contributed by atoms with Crippen LogP contribution in [-0.4, -0.2) is 5.91 Å². The maximum atomic E-state index is 11.8. The maximum absolute atomic E-state index is 11.8. The highest BCUT2D eigenvalue weighted by Gasteiger charge is 2.33. The monoisotopic (exact) mass is 296 g/mol. The van der Waals surface area contributed by atoms with Gasteiger partial charge in [0.1, 0.15) is 0 Å². The summed E-state index contributed by atoms with van der Waals surface area (Å²) in [5, 5.41) is 30.3. The van der Waals surface area contributed by atoms with E-state index < -0.39 is 11.8 Å². The molecule has 1 amide bonds. The number of halogens is 1. The van der Waals surface area contributed by atoms with Crippen molar-refractivity contribution in [3.05, 3.63) is 46.1 Å². The van der Waals surface area contributed by atoms with Crippen molar-refractivity contribution in [2.75, 3.05) is 0 Å². The highest BCUT2D eigenvalue weighted by atomic mass is 35.5. The Morgan fingerprint density at radius 2 is 1.90 bits per heavy atom. The number of amides is 1. The lowest BCUT2D eigenvalue weighted by atomic mass is 9.82. The van der Waals surface area contributed by atoms with Crippen LogP contribution in [0.3, 0.4) is 0 Å². The molecule has 0 radical (unpaired) electrons. The zero-order valence-corrected chi connectivity index (χ0v) is 11.6. The van der Waals surface area contributed by atoms with Gasteiger partial charge in [-0.3, -0.25) is 4.79 Å². The van der Waals surface area contributed by atoms with Crippen molar-refractivity contribution in [2.24, 2.45) is 5.92 Å². The molecule has 1 unspecified atom stereocenters. The fourth-order valence-electron chi connectivity index (χ4n) is 2.29. The summed E-state index contributed by atoms with van der Waals surface area (Å²) >= 11 is 6.13. The summed E-state index contributed by atoms with van der Waals surface area (Å²) in [5.74, 6) is -2.07. The van der Waals surface area contributed by atoms with Gasteiger partial charge in [0.2, 0.25) is 5.91 Å². The van der Waals surface area contributed by atoms with Crippen molar-refractivity contribution in [1.82, 2.24) is 5.32 Å². The first kappa shape index (κ1) is 14.6. The van der Waals surface area contributed by atoms with E-state index >= 15 is 0 Å². The molecule has 1 aromatic carbocycles. The van der Waals surface area contributed by atoms with Crippen LogP contribution in [0.5, 0.6) is 0 Å². The molecule has 0 bridgehead atoms. The summed E-state index contributed by atoms with van der Waals surface area (Å²) < 4.78 is 0. The van der Waals surface area contributed by atoms with Crippen LogP contribution < -0.4 is 5.32 Å². The third-order valence-corrected chi connectivity index (χ3v) is 3.59. The molecule has 102 valence electrons. The SMILES string of the molecule is N#CC1=C(C(C#N)C#N)NC(=O)CC1c1ccccc1Cl. The lowest BCUT2D eigenvalue weighted by molar-refractivity contribution is -0.121. The van der Waals surface area contributed by atoms with Gasteiger partial charge >= 0.3 is 0 Å². The third kappa shape index (κ3) is 2.72. The minimum Gasteiger partial charge on any atom is -0.327 e. The minimum atomic E-state index is -1.19. The number of nitriles is 3. The van der Waals surface area contributed by atoms with E-state index in [2.05, 4.69) is 5.32 Å². The molecule has 1 aliphatic heterocycles. The lowest BCUT2D eigenvalue weighted by Crippen LogP contribution is -2.34. The fraction of sp³-hybridized carbons (Fsp3) is 0.200. The van der Waals surface area contributed by atoms with E-state index in [0.29, 0.717) is 10.6 Å². The van der Waals surface area contributed by atoms with Gasteiger partial charge in [-0.15, -0.1) is 0 Å². The van der Waals surface area contributed by atoms with Crippen molar-refractivity contribution >= 4 is 17.5 Å². The second kappa shape index (κ2) is 6.09. The molecule has 0 aliphatic carbocycles. The molecule has 1 N–H and O–H groups in total. The van der Waals surface area contributed by atoms with Crippen LogP contribution in [0.2, 0.25) is 5.02 Å². The summed E-state index contributed by atoms with van der Waals surface area (Å²) in [4.78, 5) is 11.8. The van der Waals surface area contributed by atoms with E-state index in [9.17, 15) is 10.1 Å². The van der Waals surface area contributed by atoms with Crippen LogP contribution in [0.4, 0.5) is 0 Å².